The molecule has 1 atom stereocenters. The molecule has 2 aliphatic heterocycles. The average Bonchev–Trinajstić information content (AvgIpc) is 2.93. The van der Waals surface area contributed by atoms with E-state index in [2.05, 4.69) is 30.6 Å². The number of carbonyl (C=O) groups excluding carboxylic acids is 1. The molecule has 0 radical (unpaired) electrons. The number of benzene rings is 1. The molecule has 0 saturated carbocycles. The van der Waals surface area contributed by atoms with Crippen LogP contribution in [-0.2, 0) is 10.2 Å². The highest BCUT2D eigenvalue weighted by molar-refractivity contribution is 6.13. The number of hydrogen-bond acceptors (Lipinski definition) is 10. The number of nitrogens with two attached hydrogens (primary N) is 2. The predicted molar refractivity (Wildman–Crippen MR) is 103 cm³/mol. The molecule has 1 aromatic carbocycles. The number of nitro benzene ring substituents is 1. The fourth-order valence-corrected chi connectivity index (χ4v) is 4.00. The Hall–Kier alpha value is -4.75. The number of H-pyrrole nitrogens is 2. The Bertz CT molecular complexity index is 1430. The van der Waals surface area contributed by atoms with E-state index in [0.29, 0.717) is 0 Å². The van der Waals surface area contributed by atoms with Crippen molar-refractivity contribution >= 4 is 40.8 Å². The van der Waals surface area contributed by atoms with E-state index in [9.17, 15) is 24.5 Å². The Balaban J connectivity index is 2.01. The molecule has 1 amide bonds. The van der Waals surface area contributed by atoms with Crippen molar-refractivity contribution < 1.29 is 9.72 Å². The van der Waals surface area contributed by atoms with Gasteiger partial charge in [0.05, 0.1) is 16.1 Å². The van der Waals surface area contributed by atoms with Crippen molar-refractivity contribution in [2.45, 2.75) is 5.41 Å². The highest BCUT2D eigenvalue weighted by Crippen LogP contribution is 2.52. The van der Waals surface area contributed by atoms with Crippen LogP contribution in [0.1, 0.15) is 16.7 Å². The number of nitrogen functional groups attached to an aromatic ring is 2. The van der Waals surface area contributed by atoms with Crippen molar-refractivity contribution in [1.82, 2.24) is 19.9 Å². The van der Waals surface area contributed by atoms with Gasteiger partial charge in [-0.1, -0.05) is 0 Å². The van der Waals surface area contributed by atoms with Crippen LogP contribution in [0.25, 0.3) is 0 Å². The van der Waals surface area contributed by atoms with Gasteiger partial charge in [0.1, 0.15) is 17.1 Å². The van der Waals surface area contributed by atoms with Gasteiger partial charge in [0.2, 0.25) is 17.8 Å². The van der Waals surface area contributed by atoms with E-state index < -0.39 is 27.4 Å². The first-order chi connectivity index (χ1) is 14.2. The molecule has 30 heavy (non-hydrogen) atoms. The van der Waals surface area contributed by atoms with E-state index in [1.54, 1.807) is 0 Å². The van der Waals surface area contributed by atoms with Gasteiger partial charge in [-0.15, -0.1) is 0 Å². The zero-order chi connectivity index (χ0) is 21.4. The molecule has 8 N–H and O–H groups in total. The van der Waals surface area contributed by atoms with Crippen LogP contribution in [0.2, 0.25) is 0 Å². The number of aromatic nitrogens is 4. The summed E-state index contributed by atoms with van der Waals surface area (Å²) >= 11 is 0. The largest absolute Gasteiger partial charge is 0.369 e. The minimum atomic E-state index is -2.07. The lowest BCUT2D eigenvalue weighted by Crippen LogP contribution is -2.47. The second-order valence-corrected chi connectivity index (χ2v) is 6.67. The minimum absolute atomic E-state index is 0.00888. The molecule has 5 rings (SSSR count). The third-order valence-corrected chi connectivity index (χ3v) is 5.07. The zero-order valence-electron chi connectivity index (χ0n) is 14.8. The number of fused-ring (bicyclic) bond motifs is 6. The number of hydrogen-bond donors (Lipinski definition) is 6. The topological polar surface area (TPSA) is 228 Å². The molecule has 0 bridgehead atoms. The molecule has 1 unspecified atom stereocenters. The van der Waals surface area contributed by atoms with Crippen molar-refractivity contribution in [2.24, 2.45) is 0 Å². The van der Waals surface area contributed by atoms with Gasteiger partial charge in [0.25, 0.3) is 16.8 Å². The quantitative estimate of drug-likeness (QED) is 0.218. The summed E-state index contributed by atoms with van der Waals surface area (Å²) in [6.07, 6.45) is 0. The summed E-state index contributed by atoms with van der Waals surface area (Å²) in [6, 6.07) is 3.67. The standard InChI is InChI=1S/C16H11N9O5/c17-14-21-9-7(11(26)23-14)16(5-3-4(25(29)30)1-2-6(5)19-9)8-10(20-13(16)28)22-15(18)24-12(8)27/h1-3H,(H4,17,19,21,23,26)(H4,18,20,22,24,27,28). The van der Waals surface area contributed by atoms with E-state index in [-0.39, 0.29) is 51.6 Å². The number of nitrogens with one attached hydrogen (secondary N) is 4. The molecular formula is C16H11N9O5. The van der Waals surface area contributed by atoms with E-state index in [1.165, 1.54) is 12.1 Å². The molecule has 150 valence electrons. The second-order valence-electron chi connectivity index (χ2n) is 6.67. The van der Waals surface area contributed by atoms with Crippen LogP contribution in [0.15, 0.2) is 27.8 Å². The van der Waals surface area contributed by atoms with Crippen LogP contribution < -0.4 is 33.2 Å². The Morgan fingerprint density at radius 2 is 1.50 bits per heavy atom. The SMILES string of the molecule is Nc1nc2c(c(=O)[nH]1)C1(C(=O)N2)c2cc([N+](=O)[O-])ccc2Nc2nc(N)[nH]c(=O)c21. The van der Waals surface area contributed by atoms with Gasteiger partial charge in [-0.25, -0.2) is 0 Å². The van der Waals surface area contributed by atoms with Gasteiger partial charge in [-0.2, -0.15) is 9.97 Å². The van der Waals surface area contributed by atoms with Crippen LogP contribution in [-0.4, -0.2) is 30.8 Å². The number of nitrogens with zero attached hydrogens (tertiary/aromatic N) is 3. The highest BCUT2D eigenvalue weighted by Gasteiger charge is 2.58. The van der Waals surface area contributed by atoms with Gasteiger partial charge < -0.3 is 22.1 Å². The summed E-state index contributed by atoms with van der Waals surface area (Å²) in [5, 5.41) is 16.7. The van der Waals surface area contributed by atoms with Crippen molar-refractivity contribution in [2.75, 3.05) is 22.1 Å². The van der Waals surface area contributed by atoms with Crippen LogP contribution in [0.5, 0.6) is 0 Å². The molecule has 14 nitrogen and oxygen atoms in total. The highest BCUT2D eigenvalue weighted by atomic mass is 16.6. The molecule has 0 saturated heterocycles. The third kappa shape index (κ3) is 1.98. The number of carbonyl (C=O) groups is 1. The maximum absolute atomic E-state index is 13.4. The van der Waals surface area contributed by atoms with E-state index in [1.807, 2.05) is 0 Å². The Morgan fingerprint density at radius 1 is 0.933 bits per heavy atom. The van der Waals surface area contributed by atoms with Crippen LogP contribution in [0.3, 0.4) is 0 Å². The van der Waals surface area contributed by atoms with Crippen LogP contribution >= 0.6 is 0 Å². The number of non-ortho nitro benzene ring substituents is 1. The molecular weight excluding hydrogens is 398 g/mol. The van der Waals surface area contributed by atoms with Crippen molar-refractivity contribution in [3.8, 4) is 0 Å². The first-order valence-electron chi connectivity index (χ1n) is 8.41. The molecule has 0 fully saturated rings. The molecule has 3 aromatic rings. The lowest BCUT2D eigenvalue weighted by molar-refractivity contribution is -0.384. The number of amides is 1. The fraction of sp³-hybridized carbons (Fsp3) is 0.0625. The minimum Gasteiger partial charge on any atom is -0.369 e. The maximum Gasteiger partial charge on any atom is 0.269 e. The molecule has 4 heterocycles. The van der Waals surface area contributed by atoms with Gasteiger partial charge in [0, 0.05) is 23.4 Å². The molecule has 0 aliphatic carbocycles. The monoisotopic (exact) mass is 409 g/mol. The summed E-state index contributed by atoms with van der Waals surface area (Å²) in [5.41, 5.74) is 6.96. The van der Waals surface area contributed by atoms with E-state index >= 15 is 0 Å². The number of aromatic amines is 2. The Morgan fingerprint density at radius 3 is 2.07 bits per heavy atom. The Labute approximate surface area is 164 Å². The average molecular weight is 409 g/mol. The van der Waals surface area contributed by atoms with Gasteiger partial charge in [-0.05, 0) is 6.07 Å². The maximum atomic E-state index is 13.4. The summed E-state index contributed by atoms with van der Waals surface area (Å²) in [4.78, 5) is 62.5. The summed E-state index contributed by atoms with van der Waals surface area (Å²) in [6.45, 7) is 0. The van der Waals surface area contributed by atoms with Crippen molar-refractivity contribution in [3.63, 3.8) is 0 Å². The normalized spacial score (nSPS) is 18.2. The van der Waals surface area contributed by atoms with Crippen LogP contribution in [0.4, 0.5) is 34.9 Å². The third-order valence-electron chi connectivity index (χ3n) is 5.07. The fourth-order valence-electron chi connectivity index (χ4n) is 4.00. The first kappa shape index (κ1) is 17.4. The summed E-state index contributed by atoms with van der Waals surface area (Å²) in [7, 11) is 0. The molecule has 2 aliphatic rings. The van der Waals surface area contributed by atoms with Gasteiger partial charge in [0.15, 0.2) is 0 Å². The van der Waals surface area contributed by atoms with Gasteiger partial charge >= 0.3 is 0 Å². The van der Waals surface area contributed by atoms with Crippen molar-refractivity contribution in [1.29, 1.82) is 0 Å². The Kier molecular flexibility index (Phi) is 3.13. The zero-order valence-corrected chi connectivity index (χ0v) is 14.8. The number of anilines is 5. The summed E-state index contributed by atoms with van der Waals surface area (Å²) < 4.78 is 0. The summed E-state index contributed by atoms with van der Waals surface area (Å²) in [5.74, 6) is -1.54. The lowest BCUT2D eigenvalue weighted by Gasteiger charge is -2.34. The lowest BCUT2D eigenvalue weighted by atomic mass is 9.69. The van der Waals surface area contributed by atoms with E-state index in [4.69, 9.17) is 11.5 Å². The second kappa shape index (κ2) is 5.40. The number of rotatable bonds is 1. The first-order valence-corrected chi connectivity index (χ1v) is 8.41. The molecule has 1 spiro atoms. The molecule has 14 heteroatoms. The van der Waals surface area contributed by atoms with Crippen molar-refractivity contribution in [3.05, 3.63) is 65.7 Å². The predicted octanol–water partition coefficient (Wildman–Crippen LogP) is -0.731. The van der Waals surface area contributed by atoms with Gasteiger partial charge in [-0.3, -0.25) is 34.5 Å². The number of nitro groups is 1. The molecule has 2 aromatic heterocycles. The van der Waals surface area contributed by atoms with E-state index in [0.717, 1.165) is 6.07 Å². The van der Waals surface area contributed by atoms with Crippen LogP contribution in [0, 0.1) is 10.1 Å². The smallest absolute Gasteiger partial charge is 0.269 e.